The molecule has 0 bridgehead atoms. The van der Waals surface area contributed by atoms with Crippen LogP contribution in [0.5, 0.6) is 11.5 Å². The zero-order valence-electron chi connectivity index (χ0n) is 13.4. The highest BCUT2D eigenvalue weighted by Crippen LogP contribution is 2.33. The van der Waals surface area contributed by atoms with Gasteiger partial charge in [-0.05, 0) is 47.7 Å². The molecule has 0 heterocycles. The molecule has 0 saturated carbocycles. The second kappa shape index (κ2) is 7.15. The van der Waals surface area contributed by atoms with Crippen LogP contribution in [-0.2, 0) is 11.2 Å². The van der Waals surface area contributed by atoms with Crippen LogP contribution in [-0.4, -0.2) is 24.8 Å². The largest absolute Gasteiger partial charge is 0.465 e. The molecule has 3 rings (SSSR count). The molecule has 1 N–H and O–H groups in total. The fourth-order valence-corrected chi connectivity index (χ4v) is 2.70. The first-order valence-corrected chi connectivity index (χ1v) is 7.70. The molecule has 0 amide bonds. The Hall–Kier alpha value is -2.85. The maximum atomic E-state index is 12.0. The van der Waals surface area contributed by atoms with Gasteiger partial charge in [-0.15, -0.1) is 0 Å². The molecule has 0 radical (unpaired) electrons. The van der Waals surface area contributed by atoms with Crippen LogP contribution in [0.1, 0.15) is 15.9 Å². The molecular weight excluding hydrogens is 304 g/mol. The normalized spacial score (nSPS) is 10.6. The highest BCUT2D eigenvalue weighted by atomic mass is 16.5. The molecule has 0 saturated heterocycles. The lowest BCUT2D eigenvalue weighted by molar-refractivity contribution is 0.0600. The number of benzene rings is 3. The number of esters is 1. The quantitative estimate of drug-likeness (QED) is 0.723. The van der Waals surface area contributed by atoms with Crippen molar-refractivity contribution in [3.8, 4) is 11.5 Å². The van der Waals surface area contributed by atoms with E-state index in [1.165, 1.54) is 7.11 Å². The standard InChI is InChI=1S/C20H18O4/c1-23-20(22)15-12-14(10-11-21)17-8-5-9-19(18(17)13-15)24-16-6-3-2-4-7-16/h2-9,12-13,21H,10-11H2,1H3. The van der Waals surface area contributed by atoms with Gasteiger partial charge in [-0.1, -0.05) is 30.3 Å². The fraction of sp³-hybridized carbons (Fsp3) is 0.150. The summed E-state index contributed by atoms with van der Waals surface area (Å²) < 4.78 is 10.8. The topological polar surface area (TPSA) is 55.8 Å². The molecular formula is C20H18O4. The summed E-state index contributed by atoms with van der Waals surface area (Å²) in [6.45, 7) is 0.00347. The van der Waals surface area contributed by atoms with Crippen LogP contribution in [0.15, 0.2) is 60.7 Å². The smallest absolute Gasteiger partial charge is 0.337 e. The van der Waals surface area contributed by atoms with Crippen molar-refractivity contribution in [3.63, 3.8) is 0 Å². The van der Waals surface area contributed by atoms with Crippen LogP contribution in [0, 0.1) is 0 Å². The van der Waals surface area contributed by atoms with E-state index in [0.717, 1.165) is 22.1 Å². The molecule has 4 nitrogen and oxygen atoms in total. The van der Waals surface area contributed by atoms with E-state index in [2.05, 4.69) is 0 Å². The van der Waals surface area contributed by atoms with Crippen molar-refractivity contribution >= 4 is 16.7 Å². The molecule has 0 fully saturated rings. The van der Waals surface area contributed by atoms with E-state index < -0.39 is 5.97 Å². The Kier molecular flexibility index (Phi) is 4.77. The lowest BCUT2D eigenvalue weighted by atomic mass is 9.98. The van der Waals surface area contributed by atoms with E-state index in [4.69, 9.17) is 9.47 Å². The molecule has 0 aliphatic carbocycles. The van der Waals surface area contributed by atoms with Crippen LogP contribution in [0.4, 0.5) is 0 Å². The fourth-order valence-electron chi connectivity index (χ4n) is 2.70. The average Bonchev–Trinajstić information content (AvgIpc) is 2.62. The Balaban J connectivity index is 2.15. The summed E-state index contributed by atoms with van der Waals surface area (Å²) in [4.78, 5) is 12.0. The zero-order valence-corrected chi connectivity index (χ0v) is 13.4. The second-order valence-corrected chi connectivity index (χ2v) is 5.37. The van der Waals surface area contributed by atoms with E-state index in [0.29, 0.717) is 17.7 Å². The van der Waals surface area contributed by atoms with Crippen molar-refractivity contribution in [3.05, 3.63) is 71.8 Å². The molecule has 122 valence electrons. The number of hydrogen-bond donors (Lipinski definition) is 1. The number of rotatable bonds is 5. The molecule has 0 aliphatic rings. The Morgan fingerprint density at radius 3 is 2.50 bits per heavy atom. The number of fused-ring (bicyclic) bond motifs is 1. The van der Waals surface area contributed by atoms with E-state index in [1.807, 2.05) is 48.5 Å². The molecule has 0 aromatic heterocycles. The Morgan fingerprint density at radius 2 is 1.79 bits per heavy atom. The second-order valence-electron chi connectivity index (χ2n) is 5.37. The minimum absolute atomic E-state index is 0.00347. The molecule has 3 aromatic carbocycles. The average molecular weight is 322 g/mol. The van der Waals surface area contributed by atoms with E-state index in [1.54, 1.807) is 12.1 Å². The monoisotopic (exact) mass is 322 g/mol. The van der Waals surface area contributed by atoms with Crippen LogP contribution in [0.3, 0.4) is 0 Å². The molecule has 0 atom stereocenters. The van der Waals surface area contributed by atoms with Crippen LogP contribution in [0.25, 0.3) is 10.8 Å². The Morgan fingerprint density at radius 1 is 1.00 bits per heavy atom. The van der Waals surface area contributed by atoms with Crippen LogP contribution in [0.2, 0.25) is 0 Å². The van der Waals surface area contributed by atoms with Gasteiger partial charge < -0.3 is 14.6 Å². The number of carbonyl (C=O) groups is 1. The lowest BCUT2D eigenvalue weighted by Gasteiger charge is -2.13. The summed E-state index contributed by atoms with van der Waals surface area (Å²) in [6, 6.07) is 18.7. The Labute approximate surface area is 140 Å². The zero-order chi connectivity index (χ0) is 16.9. The van der Waals surface area contributed by atoms with Crippen molar-refractivity contribution in [2.24, 2.45) is 0 Å². The van der Waals surface area contributed by atoms with E-state index in [-0.39, 0.29) is 6.61 Å². The van der Waals surface area contributed by atoms with Crippen molar-refractivity contribution in [2.75, 3.05) is 13.7 Å². The molecule has 0 spiro atoms. The summed E-state index contributed by atoms with van der Waals surface area (Å²) in [7, 11) is 1.35. The summed E-state index contributed by atoms with van der Waals surface area (Å²) in [5.41, 5.74) is 1.33. The number of ether oxygens (including phenoxy) is 2. The first kappa shape index (κ1) is 16.0. The predicted molar refractivity (Wildman–Crippen MR) is 92.6 cm³/mol. The Bertz CT molecular complexity index is 856. The van der Waals surface area contributed by atoms with Gasteiger partial charge in [0, 0.05) is 12.0 Å². The first-order valence-electron chi connectivity index (χ1n) is 7.70. The SMILES string of the molecule is COC(=O)c1cc(CCO)c2cccc(Oc3ccccc3)c2c1. The van der Waals surface area contributed by atoms with Gasteiger partial charge in [0.15, 0.2) is 0 Å². The molecule has 0 aliphatic heterocycles. The third-order valence-electron chi connectivity index (χ3n) is 3.81. The van der Waals surface area contributed by atoms with Gasteiger partial charge in [-0.2, -0.15) is 0 Å². The number of carbonyl (C=O) groups excluding carboxylic acids is 1. The summed E-state index contributed by atoms with van der Waals surface area (Å²) >= 11 is 0. The van der Waals surface area contributed by atoms with Gasteiger partial charge in [0.1, 0.15) is 11.5 Å². The van der Waals surface area contributed by atoms with E-state index >= 15 is 0 Å². The number of aliphatic hydroxyl groups excluding tert-OH is 1. The van der Waals surface area contributed by atoms with Gasteiger partial charge in [0.05, 0.1) is 12.7 Å². The molecule has 3 aromatic rings. The van der Waals surface area contributed by atoms with Crippen LogP contribution >= 0.6 is 0 Å². The number of hydrogen-bond acceptors (Lipinski definition) is 4. The van der Waals surface area contributed by atoms with Crippen molar-refractivity contribution in [1.82, 2.24) is 0 Å². The first-order chi connectivity index (χ1) is 11.7. The van der Waals surface area contributed by atoms with Crippen molar-refractivity contribution in [2.45, 2.75) is 6.42 Å². The van der Waals surface area contributed by atoms with Gasteiger partial charge in [-0.3, -0.25) is 0 Å². The number of para-hydroxylation sites is 1. The summed E-state index contributed by atoms with van der Waals surface area (Å²) in [6.07, 6.45) is 0.454. The number of methoxy groups -OCH3 is 1. The third-order valence-corrected chi connectivity index (χ3v) is 3.81. The highest BCUT2D eigenvalue weighted by molar-refractivity contribution is 5.99. The van der Waals surface area contributed by atoms with Gasteiger partial charge in [0.25, 0.3) is 0 Å². The maximum absolute atomic E-state index is 12.0. The minimum atomic E-state index is -0.411. The van der Waals surface area contributed by atoms with Gasteiger partial charge in [0.2, 0.25) is 0 Å². The van der Waals surface area contributed by atoms with Crippen molar-refractivity contribution in [1.29, 1.82) is 0 Å². The summed E-state index contributed by atoms with van der Waals surface area (Å²) in [5, 5.41) is 11.1. The molecule has 24 heavy (non-hydrogen) atoms. The van der Waals surface area contributed by atoms with Gasteiger partial charge >= 0.3 is 5.97 Å². The van der Waals surface area contributed by atoms with Crippen molar-refractivity contribution < 1.29 is 19.4 Å². The molecule has 0 unspecified atom stereocenters. The number of aliphatic hydroxyl groups is 1. The van der Waals surface area contributed by atoms with Crippen LogP contribution < -0.4 is 4.74 Å². The summed E-state index contributed by atoms with van der Waals surface area (Å²) in [5.74, 6) is 0.964. The third kappa shape index (κ3) is 3.24. The highest BCUT2D eigenvalue weighted by Gasteiger charge is 2.13. The van der Waals surface area contributed by atoms with Gasteiger partial charge in [-0.25, -0.2) is 4.79 Å². The minimum Gasteiger partial charge on any atom is -0.465 e. The predicted octanol–water partition coefficient (Wildman–Crippen LogP) is 3.95. The molecule has 4 heteroatoms. The maximum Gasteiger partial charge on any atom is 0.337 e. The van der Waals surface area contributed by atoms with E-state index in [9.17, 15) is 9.90 Å². The lowest BCUT2D eigenvalue weighted by Crippen LogP contribution is -2.04.